The first kappa shape index (κ1) is 21.1. The van der Waals surface area contributed by atoms with Gasteiger partial charge in [0, 0.05) is 18.3 Å². The average Bonchev–Trinajstić information content (AvgIpc) is 3.04. The number of carbonyl (C=O) groups excluding carboxylic acids is 3. The third kappa shape index (κ3) is 4.16. The molecule has 0 aromatic heterocycles. The Morgan fingerprint density at radius 3 is 2.03 bits per heavy atom. The average molecular weight is 425 g/mol. The number of hydrogen-bond acceptors (Lipinski definition) is 4. The van der Waals surface area contributed by atoms with Gasteiger partial charge >= 0.3 is 0 Å². The van der Waals surface area contributed by atoms with Crippen LogP contribution in [0.1, 0.15) is 25.0 Å². The summed E-state index contributed by atoms with van der Waals surface area (Å²) < 4.78 is 0. The summed E-state index contributed by atoms with van der Waals surface area (Å²) in [5.74, 6) is -1.000. The fourth-order valence-electron chi connectivity index (χ4n) is 3.62. The van der Waals surface area contributed by atoms with E-state index in [-0.39, 0.29) is 17.2 Å². The van der Waals surface area contributed by atoms with Crippen molar-refractivity contribution in [2.75, 3.05) is 15.5 Å². The number of benzene rings is 3. The standard InChI is InChI=1S/C26H23N3O3/c1-3-18-9-13-21(14-10-18)28-24-23(19-11-15-20(16-12-19)27-17(2)30)25(31)29(26(24)32)22-7-5-4-6-8-22/h4-16,28H,3H2,1-2H3,(H,27,30). The van der Waals surface area contributed by atoms with E-state index in [0.29, 0.717) is 16.9 Å². The Morgan fingerprint density at radius 1 is 0.812 bits per heavy atom. The van der Waals surface area contributed by atoms with Crippen LogP contribution in [0.2, 0.25) is 0 Å². The number of imide groups is 1. The van der Waals surface area contributed by atoms with Crippen LogP contribution in [0, 0.1) is 0 Å². The van der Waals surface area contributed by atoms with Gasteiger partial charge in [-0.1, -0.05) is 49.4 Å². The summed E-state index contributed by atoms with van der Waals surface area (Å²) in [4.78, 5) is 39.3. The van der Waals surface area contributed by atoms with Crippen LogP contribution in [0.4, 0.5) is 17.1 Å². The van der Waals surface area contributed by atoms with Crippen LogP contribution in [0.5, 0.6) is 0 Å². The predicted molar refractivity (Wildman–Crippen MR) is 126 cm³/mol. The van der Waals surface area contributed by atoms with Gasteiger partial charge in [-0.2, -0.15) is 0 Å². The molecule has 3 amide bonds. The molecule has 32 heavy (non-hydrogen) atoms. The second kappa shape index (κ2) is 8.89. The van der Waals surface area contributed by atoms with E-state index in [0.717, 1.165) is 12.1 Å². The zero-order valence-corrected chi connectivity index (χ0v) is 17.9. The van der Waals surface area contributed by atoms with E-state index >= 15 is 0 Å². The van der Waals surface area contributed by atoms with Gasteiger partial charge in [-0.25, -0.2) is 4.90 Å². The van der Waals surface area contributed by atoms with Crippen LogP contribution in [0.3, 0.4) is 0 Å². The first-order chi connectivity index (χ1) is 15.5. The Balaban J connectivity index is 1.76. The number of para-hydroxylation sites is 1. The maximum absolute atomic E-state index is 13.4. The molecule has 1 aliphatic heterocycles. The lowest BCUT2D eigenvalue weighted by molar-refractivity contribution is -0.120. The lowest BCUT2D eigenvalue weighted by Gasteiger charge is -2.15. The highest BCUT2D eigenvalue weighted by Gasteiger charge is 2.40. The Bertz CT molecular complexity index is 1200. The van der Waals surface area contributed by atoms with Crippen molar-refractivity contribution in [3.05, 3.63) is 95.7 Å². The Labute approximate surface area is 186 Å². The largest absolute Gasteiger partial charge is 0.350 e. The van der Waals surface area contributed by atoms with Crippen molar-refractivity contribution in [2.45, 2.75) is 20.3 Å². The number of hydrogen-bond donors (Lipinski definition) is 2. The number of amides is 3. The van der Waals surface area contributed by atoms with E-state index in [9.17, 15) is 14.4 Å². The van der Waals surface area contributed by atoms with Crippen LogP contribution >= 0.6 is 0 Å². The minimum Gasteiger partial charge on any atom is -0.350 e. The minimum absolute atomic E-state index is 0.183. The van der Waals surface area contributed by atoms with Gasteiger partial charge < -0.3 is 10.6 Å². The van der Waals surface area contributed by atoms with Gasteiger partial charge in [-0.15, -0.1) is 0 Å². The molecule has 3 aromatic carbocycles. The van der Waals surface area contributed by atoms with Crippen LogP contribution in [-0.4, -0.2) is 17.7 Å². The molecular formula is C26H23N3O3. The fraction of sp³-hybridized carbons (Fsp3) is 0.115. The number of anilines is 3. The van der Waals surface area contributed by atoms with E-state index < -0.39 is 11.8 Å². The molecule has 1 aliphatic rings. The van der Waals surface area contributed by atoms with E-state index in [4.69, 9.17) is 0 Å². The van der Waals surface area contributed by atoms with E-state index in [1.807, 2.05) is 30.3 Å². The molecule has 0 fully saturated rings. The molecule has 1 heterocycles. The summed E-state index contributed by atoms with van der Waals surface area (Å²) >= 11 is 0. The number of rotatable bonds is 6. The van der Waals surface area contributed by atoms with Crippen molar-refractivity contribution in [1.82, 2.24) is 0 Å². The lowest BCUT2D eigenvalue weighted by Crippen LogP contribution is -2.32. The van der Waals surface area contributed by atoms with Gasteiger partial charge in [0.1, 0.15) is 5.70 Å². The molecule has 0 unspecified atom stereocenters. The van der Waals surface area contributed by atoms with Gasteiger partial charge in [0.25, 0.3) is 11.8 Å². The van der Waals surface area contributed by atoms with Crippen molar-refractivity contribution in [3.8, 4) is 0 Å². The molecule has 0 saturated carbocycles. The summed E-state index contributed by atoms with van der Waals surface area (Å²) in [6.45, 7) is 3.50. The Morgan fingerprint density at radius 2 is 1.44 bits per heavy atom. The first-order valence-electron chi connectivity index (χ1n) is 10.4. The number of nitrogens with one attached hydrogen (secondary N) is 2. The van der Waals surface area contributed by atoms with E-state index in [2.05, 4.69) is 17.6 Å². The molecule has 6 nitrogen and oxygen atoms in total. The van der Waals surface area contributed by atoms with Crippen molar-refractivity contribution in [2.24, 2.45) is 0 Å². The van der Waals surface area contributed by atoms with Crippen LogP contribution in [0.15, 0.2) is 84.6 Å². The molecule has 0 aliphatic carbocycles. The third-order valence-corrected chi connectivity index (χ3v) is 5.22. The van der Waals surface area contributed by atoms with Crippen LogP contribution in [0.25, 0.3) is 5.57 Å². The van der Waals surface area contributed by atoms with Gasteiger partial charge in [-0.05, 0) is 53.9 Å². The first-order valence-corrected chi connectivity index (χ1v) is 10.4. The SMILES string of the molecule is CCc1ccc(NC2=C(c3ccc(NC(C)=O)cc3)C(=O)N(c3ccccc3)C2=O)cc1. The Kier molecular flexibility index (Phi) is 5.85. The van der Waals surface area contributed by atoms with Gasteiger partial charge in [0.05, 0.1) is 11.3 Å². The molecule has 0 bridgehead atoms. The van der Waals surface area contributed by atoms with Crippen molar-refractivity contribution in [3.63, 3.8) is 0 Å². The maximum atomic E-state index is 13.4. The topological polar surface area (TPSA) is 78.5 Å². The highest BCUT2D eigenvalue weighted by molar-refractivity contribution is 6.46. The quantitative estimate of drug-likeness (QED) is 0.566. The molecule has 160 valence electrons. The van der Waals surface area contributed by atoms with Crippen LogP contribution < -0.4 is 15.5 Å². The third-order valence-electron chi connectivity index (χ3n) is 5.22. The fourth-order valence-corrected chi connectivity index (χ4v) is 3.62. The Hall–Kier alpha value is -4.19. The second-order valence-corrected chi connectivity index (χ2v) is 7.47. The van der Waals surface area contributed by atoms with Crippen LogP contribution in [-0.2, 0) is 20.8 Å². The second-order valence-electron chi connectivity index (χ2n) is 7.47. The predicted octanol–water partition coefficient (Wildman–Crippen LogP) is 4.60. The molecule has 0 atom stereocenters. The maximum Gasteiger partial charge on any atom is 0.282 e. The number of carbonyl (C=O) groups is 3. The molecule has 4 rings (SSSR count). The summed E-state index contributed by atoms with van der Waals surface area (Å²) in [5, 5.41) is 5.87. The van der Waals surface area contributed by atoms with Gasteiger partial charge in [0.2, 0.25) is 5.91 Å². The number of aryl methyl sites for hydroxylation is 1. The van der Waals surface area contributed by atoms with E-state index in [1.165, 1.54) is 17.4 Å². The van der Waals surface area contributed by atoms with Crippen molar-refractivity contribution >= 4 is 40.4 Å². The zero-order valence-electron chi connectivity index (χ0n) is 17.9. The van der Waals surface area contributed by atoms with Crippen molar-refractivity contribution in [1.29, 1.82) is 0 Å². The lowest BCUT2D eigenvalue weighted by atomic mass is 10.0. The molecule has 0 spiro atoms. The zero-order chi connectivity index (χ0) is 22.7. The van der Waals surface area contributed by atoms with E-state index in [1.54, 1.807) is 48.5 Å². The molecule has 2 N–H and O–H groups in total. The van der Waals surface area contributed by atoms with Gasteiger partial charge in [0.15, 0.2) is 0 Å². The summed E-state index contributed by atoms with van der Waals surface area (Å²) in [6, 6.07) is 23.5. The highest BCUT2D eigenvalue weighted by atomic mass is 16.2. The summed E-state index contributed by atoms with van der Waals surface area (Å²) in [7, 11) is 0. The summed E-state index contributed by atoms with van der Waals surface area (Å²) in [6.07, 6.45) is 0.911. The minimum atomic E-state index is -0.415. The highest BCUT2D eigenvalue weighted by Crippen LogP contribution is 2.34. The molecule has 3 aromatic rings. The molecule has 0 radical (unpaired) electrons. The van der Waals surface area contributed by atoms with Gasteiger partial charge in [-0.3, -0.25) is 14.4 Å². The molecular weight excluding hydrogens is 402 g/mol. The summed E-state index contributed by atoms with van der Waals surface area (Å²) in [5.41, 5.74) is 4.11. The smallest absolute Gasteiger partial charge is 0.282 e. The molecule has 0 saturated heterocycles. The normalized spacial score (nSPS) is 13.5. The monoisotopic (exact) mass is 425 g/mol. The number of nitrogens with zero attached hydrogens (tertiary/aromatic N) is 1. The molecule has 6 heteroatoms. The van der Waals surface area contributed by atoms with Crippen molar-refractivity contribution < 1.29 is 14.4 Å².